The van der Waals surface area contributed by atoms with Crippen LogP contribution >= 0.6 is 0 Å². The van der Waals surface area contributed by atoms with Crippen LogP contribution in [0.3, 0.4) is 0 Å². The van der Waals surface area contributed by atoms with Crippen LogP contribution in [0.5, 0.6) is 0 Å². The number of amides is 2. The number of esters is 1. The number of rotatable bonds is 22. The number of carbonyl (C=O) groups is 4. The van der Waals surface area contributed by atoms with Crippen molar-refractivity contribution >= 4 is 23.8 Å². The van der Waals surface area contributed by atoms with E-state index in [2.05, 4.69) is 0 Å². The van der Waals surface area contributed by atoms with Gasteiger partial charge >= 0.3 is 11.9 Å². The Morgan fingerprint density at radius 2 is 1.25 bits per heavy atom. The fraction of sp³-hybridized carbons (Fsp3) is 0.744. The van der Waals surface area contributed by atoms with E-state index in [4.69, 9.17) is 23.7 Å². The summed E-state index contributed by atoms with van der Waals surface area (Å²) in [6.45, 7) is -1.47. The van der Waals surface area contributed by atoms with Gasteiger partial charge < -0.3 is 79.4 Å². The average Bonchev–Trinajstić information content (AvgIpc) is 3.23. The number of carboxylic acids is 1. The van der Waals surface area contributed by atoms with Gasteiger partial charge in [0.25, 0.3) is 0 Å². The molecule has 0 unspecified atom stereocenters. The molecule has 0 aliphatic carbocycles. The van der Waals surface area contributed by atoms with E-state index in [1.54, 1.807) is 4.90 Å². The first kappa shape index (κ1) is 48.3. The first-order valence-electron chi connectivity index (χ1n) is 20.0. The molecule has 3 saturated heterocycles. The third-order valence-corrected chi connectivity index (χ3v) is 11.2. The zero-order chi connectivity index (χ0) is 43.1. The Balaban J connectivity index is 1.30. The molecule has 59 heavy (non-hydrogen) atoms. The quantitative estimate of drug-likeness (QED) is 0.0435. The van der Waals surface area contributed by atoms with Gasteiger partial charge in [0.15, 0.2) is 12.6 Å². The van der Waals surface area contributed by atoms with Crippen LogP contribution in [-0.2, 0) is 49.5 Å². The van der Waals surface area contributed by atoms with Gasteiger partial charge in [-0.15, -0.1) is 0 Å². The SMILES string of the molecule is O=C(O)CC1(CCC(=O)N(CCO[C@H]2O[C@H](CO)[C@@H](O)[C@H](O)[C@@H]2O)CCO[C@@H]2O[C@@H](CO)[C@H](O)[C@@H](O)[C@H]2O)CCN(C(=O)CCCCC(=O)OCc2ccccc2)CC1. The van der Waals surface area contributed by atoms with Crippen LogP contribution in [-0.4, -0.2) is 194 Å². The van der Waals surface area contributed by atoms with Gasteiger partial charge in [0.2, 0.25) is 11.8 Å². The summed E-state index contributed by atoms with van der Waals surface area (Å²) in [5.41, 5.74) is 0.0628. The monoisotopic (exact) mass is 844 g/mol. The number of aliphatic carboxylic acids is 1. The fourth-order valence-corrected chi connectivity index (χ4v) is 7.44. The number of ether oxygens (including phenoxy) is 5. The van der Waals surface area contributed by atoms with Crippen LogP contribution in [0.15, 0.2) is 30.3 Å². The Hall–Kier alpha value is -3.38. The molecule has 4 rings (SSSR count). The molecule has 0 radical (unpaired) electrons. The number of nitrogens with zero attached hydrogens (tertiary/aromatic N) is 2. The predicted octanol–water partition coefficient (Wildman–Crippen LogP) is -2.38. The summed E-state index contributed by atoms with van der Waals surface area (Å²) >= 11 is 0. The van der Waals surface area contributed by atoms with E-state index in [9.17, 15) is 65.1 Å². The molecule has 0 bridgehead atoms. The number of likely N-dealkylation sites (tertiary alicyclic amines) is 1. The summed E-state index contributed by atoms with van der Waals surface area (Å²) in [4.78, 5) is 53.9. The Labute approximate surface area is 341 Å². The summed E-state index contributed by atoms with van der Waals surface area (Å²) in [7, 11) is 0. The molecule has 20 heteroatoms. The number of aliphatic hydroxyl groups excluding tert-OH is 8. The van der Waals surface area contributed by atoms with Gasteiger partial charge in [-0.2, -0.15) is 0 Å². The Morgan fingerprint density at radius 1 is 0.729 bits per heavy atom. The van der Waals surface area contributed by atoms with Crippen molar-refractivity contribution in [2.75, 3.05) is 52.6 Å². The van der Waals surface area contributed by atoms with E-state index < -0.39 is 91.9 Å². The molecule has 10 atom stereocenters. The number of carboxylic acid groups (broad SMARTS) is 1. The van der Waals surface area contributed by atoms with E-state index in [0.29, 0.717) is 25.7 Å². The maximum Gasteiger partial charge on any atom is 0.306 e. The molecule has 3 heterocycles. The van der Waals surface area contributed by atoms with Gasteiger partial charge in [-0.25, -0.2) is 0 Å². The van der Waals surface area contributed by atoms with Gasteiger partial charge in [-0.05, 0) is 43.1 Å². The lowest BCUT2D eigenvalue weighted by Gasteiger charge is -2.41. The molecular weight excluding hydrogens is 784 g/mol. The first-order chi connectivity index (χ1) is 28.2. The number of benzene rings is 1. The number of hydrogen-bond donors (Lipinski definition) is 9. The minimum Gasteiger partial charge on any atom is -0.481 e. The molecule has 1 aromatic carbocycles. The third kappa shape index (κ3) is 14.1. The largest absolute Gasteiger partial charge is 0.481 e. The van der Waals surface area contributed by atoms with Crippen LogP contribution in [0.2, 0.25) is 0 Å². The van der Waals surface area contributed by atoms with Crippen LogP contribution in [0.25, 0.3) is 0 Å². The molecule has 0 aromatic heterocycles. The summed E-state index contributed by atoms with van der Waals surface area (Å²) in [6.07, 6.45) is -13.6. The maximum absolute atomic E-state index is 13.8. The number of carbonyl (C=O) groups excluding carboxylic acids is 3. The van der Waals surface area contributed by atoms with E-state index >= 15 is 0 Å². The molecule has 3 aliphatic heterocycles. The van der Waals surface area contributed by atoms with Crippen molar-refractivity contribution in [3.05, 3.63) is 35.9 Å². The molecule has 0 spiro atoms. The molecular formula is C39H60N2O18. The average molecular weight is 845 g/mol. The van der Waals surface area contributed by atoms with Gasteiger partial charge in [-0.3, -0.25) is 19.2 Å². The molecule has 1 aromatic rings. The zero-order valence-corrected chi connectivity index (χ0v) is 33.0. The lowest BCUT2D eigenvalue weighted by Crippen LogP contribution is -2.59. The second-order valence-corrected chi connectivity index (χ2v) is 15.3. The Kier molecular flexibility index (Phi) is 19.3. The van der Waals surface area contributed by atoms with Crippen molar-refractivity contribution in [3.8, 4) is 0 Å². The highest BCUT2D eigenvalue weighted by Crippen LogP contribution is 2.40. The lowest BCUT2D eigenvalue weighted by molar-refractivity contribution is -0.303. The van der Waals surface area contributed by atoms with Crippen LogP contribution in [0, 0.1) is 5.41 Å². The smallest absolute Gasteiger partial charge is 0.306 e. The second-order valence-electron chi connectivity index (χ2n) is 15.3. The lowest BCUT2D eigenvalue weighted by atomic mass is 9.72. The molecule has 0 saturated carbocycles. The molecule has 3 fully saturated rings. The third-order valence-electron chi connectivity index (χ3n) is 11.2. The summed E-state index contributed by atoms with van der Waals surface area (Å²) in [6, 6.07) is 9.28. The van der Waals surface area contributed by atoms with Crippen molar-refractivity contribution in [1.82, 2.24) is 9.80 Å². The minimum absolute atomic E-state index is 0.118. The van der Waals surface area contributed by atoms with Crippen molar-refractivity contribution < 1.29 is 88.8 Å². The van der Waals surface area contributed by atoms with Crippen molar-refractivity contribution in [3.63, 3.8) is 0 Å². The van der Waals surface area contributed by atoms with Crippen molar-refractivity contribution in [2.45, 2.75) is 126 Å². The van der Waals surface area contributed by atoms with E-state index in [-0.39, 0.29) is 90.0 Å². The van der Waals surface area contributed by atoms with Crippen LogP contribution in [0.4, 0.5) is 0 Å². The molecule has 334 valence electrons. The van der Waals surface area contributed by atoms with Gasteiger partial charge in [0.1, 0.15) is 55.4 Å². The number of hydrogen-bond acceptors (Lipinski definition) is 17. The highest BCUT2D eigenvalue weighted by Gasteiger charge is 2.45. The van der Waals surface area contributed by atoms with E-state index in [0.717, 1.165) is 5.56 Å². The highest BCUT2D eigenvalue weighted by molar-refractivity contribution is 5.77. The zero-order valence-electron chi connectivity index (χ0n) is 33.0. The van der Waals surface area contributed by atoms with Gasteiger partial charge in [-0.1, -0.05) is 30.3 Å². The molecule has 20 nitrogen and oxygen atoms in total. The molecule has 3 aliphatic rings. The number of piperidine rings is 1. The number of unbranched alkanes of at least 4 members (excludes halogenated alkanes) is 1. The molecule has 2 amide bonds. The van der Waals surface area contributed by atoms with Gasteiger partial charge in [0, 0.05) is 45.4 Å². The van der Waals surface area contributed by atoms with E-state index in [1.807, 2.05) is 30.3 Å². The van der Waals surface area contributed by atoms with Crippen LogP contribution in [0.1, 0.15) is 63.4 Å². The van der Waals surface area contributed by atoms with Crippen LogP contribution < -0.4 is 0 Å². The summed E-state index contributed by atoms with van der Waals surface area (Å²) in [5.74, 6) is -1.99. The Bertz CT molecular complexity index is 1420. The normalized spacial score (nSPS) is 29.5. The number of aliphatic hydroxyl groups is 8. The van der Waals surface area contributed by atoms with Crippen molar-refractivity contribution in [1.29, 1.82) is 0 Å². The highest BCUT2D eigenvalue weighted by atomic mass is 16.7. The Morgan fingerprint density at radius 3 is 1.76 bits per heavy atom. The van der Waals surface area contributed by atoms with Gasteiger partial charge in [0.05, 0.1) is 32.8 Å². The minimum atomic E-state index is -1.69. The standard InChI is InChI=1S/C39H60N2O18/c42-21-25-31(49)33(51)35(53)37(58-25)55-18-16-41(17-19-56-38-36(54)34(52)32(50)26(22-43)59-38)28(45)10-11-39(20-29(46)47)12-14-40(15-13-39)27(44)8-4-5-9-30(48)57-23-24-6-2-1-3-7-24/h1-3,6-7,25-26,31-38,42-43,49-54H,4-5,8-23H2,(H,46,47)/t25-,26+,31-,32+,33+,34-,35+,36-,37+,38-. The summed E-state index contributed by atoms with van der Waals surface area (Å²) < 4.78 is 27.2. The maximum atomic E-state index is 13.8. The van der Waals surface area contributed by atoms with E-state index in [1.165, 1.54) is 4.90 Å². The topological polar surface area (TPSA) is 303 Å². The predicted molar refractivity (Wildman–Crippen MR) is 200 cm³/mol. The second kappa shape index (κ2) is 23.6. The molecule has 9 N–H and O–H groups in total. The van der Waals surface area contributed by atoms with Crippen molar-refractivity contribution in [2.24, 2.45) is 5.41 Å². The first-order valence-corrected chi connectivity index (χ1v) is 20.0. The summed E-state index contributed by atoms with van der Waals surface area (Å²) in [5, 5.41) is 90.0. The fourth-order valence-electron chi connectivity index (χ4n) is 7.44.